The number of para-hydroxylation sites is 1. The molecule has 4 rings (SSSR count). The Hall–Kier alpha value is -2.15. The topological polar surface area (TPSA) is 63.9 Å². The highest BCUT2D eigenvalue weighted by molar-refractivity contribution is 7.99. The molecule has 3 aromatic rings. The summed E-state index contributed by atoms with van der Waals surface area (Å²) < 4.78 is 2.15. The quantitative estimate of drug-likeness (QED) is 0.660. The number of aryl methyl sites for hydroxylation is 1. The van der Waals surface area contributed by atoms with Crippen LogP contribution in [0.2, 0.25) is 0 Å². The number of amides is 1. The van der Waals surface area contributed by atoms with E-state index < -0.39 is 0 Å². The molecular formula is C19H23N5OS. The SMILES string of the molecule is CCn1c2ccccc2c2nnc(SCC(=O)N3CCCC(C)C3)nc21. The molecule has 26 heavy (non-hydrogen) atoms. The Balaban J connectivity index is 1.56. The van der Waals surface area contributed by atoms with E-state index in [1.807, 2.05) is 23.1 Å². The van der Waals surface area contributed by atoms with Crippen molar-refractivity contribution in [3.05, 3.63) is 24.3 Å². The van der Waals surface area contributed by atoms with Crippen LogP contribution in [-0.4, -0.2) is 49.4 Å². The second-order valence-corrected chi connectivity index (χ2v) is 7.85. The molecule has 0 radical (unpaired) electrons. The second kappa shape index (κ2) is 7.23. The average molecular weight is 369 g/mol. The van der Waals surface area contributed by atoms with Crippen LogP contribution >= 0.6 is 11.8 Å². The van der Waals surface area contributed by atoms with Crippen LogP contribution in [0.4, 0.5) is 0 Å². The average Bonchev–Trinajstić information content (AvgIpc) is 2.99. The summed E-state index contributed by atoms with van der Waals surface area (Å²) in [5, 5.41) is 10.3. The summed E-state index contributed by atoms with van der Waals surface area (Å²) in [6, 6.07) is 8.16. The van der Waals surface area contributed by atoms with Gasteiger partial charge in [0.15, 0.2) is 5.65 Å². The monoisotopic (exact) mass is 369 g/mol. The van der Waals surface area contributed by atoms with Crippen molar-refractivity contribution >= 4 is 39.7 Å². The number of hydrogen-bond donors (Lipinski definition) is 0. The van der Waals surface area contributed by atoms with Gasteiger partial charge in [0.25, 0.3) is 0 Å². The first-order valence-corrected chi connectivity index (χ1v) is 10.2. The molecular weight excluding hydrogens is 346 g/mol. The fraction of sp³-hybridized carbons (Fsp3) is 0.474. The van der Waals surface area contributed by atoms with Crippen molar-refractivity contribution in [3.8, 4) is 0 Å². The van der Waals surface area contributed by atoms with Crippen molar-refractivity contribution in [2.24, 2.45) is 5.92 Å². The predicted molar refractivity (Wildman–Crippen MR) is 104 cm³/mol. The summed E-state index contributed by atoms with van der Waals surface area (Å²) in [5.41, 5.74) is 2.78. The maximum absolute atomic E-state index is 12.5. The molecule has 0 bridgehead atoms. The van der Waals surface area contributed by atoms with Crippen LogP contribution in [0.15, 0.2) is 29.4 Å². The number of likely N-dealkylation sites (tertiary alicyclic amines) is 1. The number of carbonyl (C=O) groups excluding carboxylic acids is 1. The zero-order valence-electron chi connectivity index (χ0n) is 15.2. The predicted octanol–water partition coefficient (Wildman–Crippen LogP) is 3.35. The smallest absolute Gasteiger partial charge is 0.233 e. The van der Waals surface area contributed by atoms with Crippen LogP contribution in [0.5, 0.6) is 0 Å². The Morgan fingerprint density at radius 1 is 1.31 bits per heavy atom. The van der Waals surface area contributed by atoms with Crippen molar-refractivity contribution in [3.63, 3.8) is 0 Å². The Kier molecular flexibility index (Phi) is 4.80. The van der Waals surface area contributed by atoms with Gasteiger partial charge in [-0.05, 0) is 31.7 Å². The molecule has 0 spiro atoms. The summed E-state index contributed by atoms with van der Waals surface area (Å²) >= 11 is 1.38. The van der Waals surface area contributed by atoms with E-state index >= 15 is 0 Å². The third-order valence-electron chi connectivity index (χ3n) is 5.01. The van der Waals surface area contributed by atoms with E-state index in [4.69, 9.17) is 4.98 Å². The molecule has 0 N–H and O–H groups in total. The minimum atomic E-state index is 0.168. The molecule has 1 amide bonds. The maximum Gasteiger partial charge on any atom is 0.233 e. The van der Waals surface area contributed by atoms with Gasteiger partial charge in [0, 0.05) is 25.0 Å². The lowest BCUT2D eigenvalue weighted by Gasteiger charge is -2.30. The van der Waals surface area contributed by atoms with Gasteiger partial charge in [-0.1, -0.05) is 36.9 Å². The van der Waals surface area contributed by atoms with Crippen LogP contribution in [0, 0.1) is 5.92 Å². The van der Waals surface area contributed by atoms with E-state index in [1.165, 1.54) is 18.2 Å². The Labute approximate surface area is 157 Å². The van der Waals surface area contributed by atoms with Crippen molar-refractivity contribution < 1.29 is 4.79 Å². The molecule has 2 aromatic heterocycles. The number of thioether (sulfide) groups is 1. The molecule has 6 nitrogen and oxygen atoms in total. The highest BCUT2D eigenvalue weighted by Crippen LogP contribution is 2.27. The molecule has 1 aliphatic rings. The first-order chi connectivity index (χ1) is 12.7. The van der Waals surface area contributed by atoms with Crippen LogP contribution in [0.1, 0.15) is 26.7 Å². The van der Waals surface area contributed by atoms with Crippen LogP contribution in [-0.2, 0) is 11.3 Å². The highest BCUT2D eigenvalue weighted by Gasteiger charge is 2.21. The van der Waals surface area contributed by atoms with Gasteiger partial charge in [0.2, 0.25) is 11.1 Å². The van der Waals surface area contributed by atoms with Gasteiger partial charge >= 0.3 is 0 Å². The van der Waals surface area contributed by atoms with Crippen LogP contribution in [0.3, 0.4) is 0 Å². The lowest BCUT2D eigenvalue weighted by Crippen LogP contribution is -2.40. The van der Waals surface area contributed by atoms with Gasteiger partial charge in [-0.25, -0.2) is 4.98 Å². The standard InChI is InChI=1S/C19H23N5OS/c1-3-24-15-9-5-4-8-14(15)17-18(24)20-19(22-21-17)26-12-16(25)23-10-6-7-13(2)11-23/h4-5,8-9,13H,3,6-7,10-12H2,1-2H3. The van der Waals surface area contributed by atoms with Gasteiger partial charge in [-0.15, -0.1) is 10.2 Å². The molecule has 1 aliphatic heterocycles. The molecule has 0 saturated carbocycles. The number of fused-ring (bicyclic) bond motifs is 3. The number of hydrogen-bond acceptors (Lipinski definition) is 5. The van der Waals surface area contributed by atoms with Crippen LogP contribution < -0.4 is 0 Å². The minimum absolute atomic E-state index is 0.168. The first kappa shape index (κ1) is 17.3. The lowest BCUT2D eigenvalue weighted by atomic mass is 10.0. The maximum atomic E-state index is 12.5. The summed E-state index contributed by atoms with van der Waals surface area (Å²) in [4.78, 5) is 19.1. The lowest BCUT2D eigenvalue weighted by molar-refractivity contribution is -0.130. The Morgan fingerprint density at radius 3 is 2.96 bits per heavy atom. The molecule has 136 valence electrons. The number of rotatable bonds is 4. The minimum Gasteiger partial charge on any atom is -0.342 e. The third kappa shape index (κ3) is 3.16. The highest BCUT2D eigenvalue weighted by atomic mass is 32.2. The van der Waals surface area contributed by atoms with Crippen LogP contribution in [0.25, 0.3) is 22.1 Å². The Morgan fingerprint density at radius 2 is 2.15 bits per heavy atom. The number of carbonyl (C=O) groups is 1. The zero-order valence-corrected chi connectivity index (χ0v) is 16.0. The number of nitrogens with zero attached hydrogens (tertiary/aromatic N) is 5. The number of piperidine rings is 1. The number of aromatic nitrogens is 4. The summed E-state index contributed by atoms with van der Waals surface area (Å²) in [6.07, 6.45) is 2.31. The molecule has 3 heterocycles. The summed E-state index contributed by atoms with van der Waals surface area (Å²) in [7, 11) is 0. The molecule has 1 unspecified atom stereocenters. The summed E-state index contributed by atoms with van der Waals surface area (Å²) in [6.45, 7) is 6.85. The van der Waals surface area contributed by atoms with Crippen molar-refractivity contribution in [2.75, 3.05) is 18.8 Å². The van der Waals surface area contributed by atoms with E-state index in [1.54, 1.807) is 0 Å². The molecule has 7 heteroatoms. The number of benzene rings is 1. The van der Waals surface area contributed by atoms with Gasteiger partial charge in [-0.3, -0.25) is 4.79 Å². The molecule has 0 aliphatic carbocycles. The second-order valence-electron chi connectivity index (χ2n) is 6.90. The fourth-order valence-corrected chi connectivity index (χ4v) is 4.39. The Bertz CT molecular complexity index is 954. The summed E-state index contributed by atoms with van der Waals surface area (Å²) in [5.74, 6) is 1.13. The molecule has 1 saturated heterocycles. The van der Waals surface area contributed by atoms with Crippen molar-refractivity contribution in [1.82, 2.24) is 24.6 Å². The van der Waals surface area contributed by atoms with E-state index in [2.05, 4.69) is 34.7 Å². The third-order valence-corrected chi connectivity index (χ3v) is 5.83. The van der Waals surface area contributed by atoms with E-state index in [0.717, 1.165) is 48.1 Å². The van der Waals surface area contributed by atoms with Gasteiger partial charge in [0.1, 0.15) is 5.52 Å². The first-order valence-electron chi connectivity index (χ1n) is 9.19. The van der Waals surface area contributed by atoms with E-state index in [9.17, 15) is 4.79 Å². The normalized spacial score (nSPS) is 17.9. The zero-order chi connectivity index (χ0) is 18.1. The largest absolute Gasteiger partial charge is 0.342 e. The molecule has 1 fully saturated rings. The van der Waals surface area contributed by atoms with Crippen molar-refractivity contribution in [2.45, 2.75) is 38.4 Å². The van der Waals surface area contributed by atoms with Gasteiger partial charge in [-0.2, -0.15) is 0 Å². The fourth-order valence-electron chi connectivity index (χ4n) is 3.70. The van der Waals surface area contributed by atoms with Crippen molar-refractivity contribution in [1.29, 1.82) is 0 Å². The molecule has 1 aromatic carbocycles. The van der Waals surface area contributed by atoms with E-state index in [0.29, 0.717) is 16.8 Å². The van der Waals surface area contributed by atoms with Gasteiger partial charge < -0.3 is 9.47 Å². The molecule has 1 atom stereocenters. The van der Waals surface area contributed by atoms with E-state index in [-0.39, 0.29) is 5.91 Å². The van der Waals surface area contributed by atoms with Gasteiger partial charge in [0.05, 0.1) is 11.3 Å².